The first kappa shape index (κ1) is 10.4. The summed E-state index contributed by atoms with van der Waals surface area (Å²) < 4.78 is 5.97. The van der Waals surface area contributed by atoms with Gasteiger partial charge in [-0.3, -0.25) is 0 Å². The van der Waals surface area contributed by atoms with E-state index in [1.165, 1.54) is 42.4 Å². The molecular weight excluding hydrogens is 224 g/mol. The number of ether oxygens (including phenoxy) is 1. The molecule has 18 heavy (non-hydrogen) atoms. The van der Waals surface area contributed by atoms with Gasteiger partial charge in [-0.05, 0) is 51.2 Å². The molecule has 0 amide bonds. The molecule has 3 nitrogen and oxygen atoms in total. The summed E-state index contributed by atoms with van der Waals surface area (Å²) in [6.45, 7) is 3.21. The van der Waals surface area contributed by atoms with E-state index in [-0.39, 0.29) is 5.41 Å². The molecule has 3 heterocycles. The van der Waals surface area contributed by atoms with E-state index in [4.69, 9.17) is 4.74 Å². The Morgan fingerprint density at radius 3 is 2.94 bits per heavy atom. The lowest BCUT2D eigenvalue weighted by Gasteiger charge is -2.36. The molecule has 1 spiro atoms. The van der Waals surface area contributed by atoms with E-state index in [0.717, 1.165) is 12.4 Å². The van der Waals surface area contributed by atoms with Gasteiger partial charge in [-0.15, -0.1) is 0 Å². The van der Waals surface area contributed by atoms with Crippen LogP contribution in [0.2, 0.25) is 0 Å². The molecule has 0 saturated carbocycles. The summed E-state index contributed by atoms with van der Waals surface area (Å²) in [5.74, 6) is 1.10. The smallest absolute Gasteiger partial charge is 0.123 e. The third-order valence-electron chi connectivity index (χ3n) is 4.67. The highest BCUT2D eigenvalue weighted by atomic mass is 16.5. The largest absolute Gasteiger partial charge is 0.492 e. The lowest BCUT2D eigenvalue weighted by Crippen LogP contribution is -2.41. The fraction of sp³-hybridized carbons (Fsp3) is 0.467. The zero-order valence-corrected chi connectivity index (χ0v) is 10.7. The normalized spacial score (nSPS) is 22.3. The maximum Gasteiger partial charge on any atom is 0.123 e. The topological polar surface area (TPSA) is 28.3 Å². The molecule has 2 aliphatic rings. The van der Waals surface area contributed by atoms with Crippen molar-refractivity contribution in [1.29, 1.82) is 0 Å². The number of hydrogen-bond donors (Lipinski definition) is 1. The molecule has 94 valence electrons. The molecule has 0 bridgehead atoms. The van der Waals surface area contributed by atoms with Crippen LogP contribution in [0.5, 0.6) is 5.75 Å². The monoisotopic (exact) mass is 242 g/mol. The molecule has 1 fully saturated rings. The van der Waals surface area contributed by atoms with Crippen molar-refractivity contribution < 1.29 is 4.74 Å². The summed E-state index contributed by atoms with van der Waals surface area (Å²) in [4.78, 5) is 5.73. The molecule has 2 aromatic rings. The Labute approximate surface area is 107 Å². The van der Waals surface area contributed by atoms with Gasteiger partial charge in [-0.25, -0.2) is 0 Å². The SMILES string of the molecule is CN1CCC2(CC1)COc1cc3cc[nH]c3cc12. The Bertz CT molecular complexity index is 594. The van der Waals surface area contributed by atoms with Gasteiger partial charge in [0.05, 0.1) is 6.61 Å². The van der Waals surface area contributed by atoms with Gasteiger partial charge in [0.2, 0.25) is 0 Å². The van der Waals surface area contributed by atoms with Gasteiger partial charge in [0.15, 0.2) is 0 Å². The molecule has 1 aromatic carbocycles. The van der Waals surface area contributed by atoms with E-state index in [1.54, 1.807) is 0 Å². The zero-order valence-electron chi connectivity index (χ0n) is 10.7. The summed E-state index contributed by atoms with van der Waals surface area (Å²) in [6.07, 6.45) is 4.42. The summed E-state index contributed by atoms with van der Waals surface area (Å²) in [7, 11) is 2.21. The van der Waals surface area contributed by atoms with Crippen LogP contribution in [0, 0.1) is 0 Å². The lowest BCUT2D eigenvalue weighted by atomic mass is 9.74. The van der Waals surface area contributed by atoms with E-state index in [2.05, 4.69) is 35.1 Å². The number of H-pyrrole nitrogens is 1. The quantitative estimate of drug-likeness (QED) is 0.769. The van der Waals surface area contributed by atoms with Crippen LogP contribution < -0.4 is 4.74 Å². The summed E-state index contributed by atoms with van der Waals surface area (Å²) in [6, 6.07) is 6.61. The number of piperidine rings is 1. The number of aromatic amines is 1. The molecule has 1 N–H and O–H groups in total. The maximum atomic E-state index is 5.97. The van der Waals surface area contributed by atoms with Crippen molar-refractivity contribution in [2.45, 2.75) is 18.3 Å². The van der Waals surface area contributed by atoms with Crippen molar-refractivity contribution in [1.82, 2.24) is 9.88 Å². The van der Waals surface area contributed by atoms with Crippen LogP contribution in [0.15, 0.2) is 24.4 Å². The minimum atomic E-state index is 0.265. The maximum absolute atomic E-state index is 5.97. The number of nitrogens with one attached hydrogen (secondary N) is 1. The van der Waals surface area contributed by atoms with E-state index < -0.39 is 0 Å². The van der Waals surface area contributed by atoms with Crippen LogP contribution in [0.1, 0.15) is 18.4 Å². The van der Waals surface area contributed by atoms with E-state index in [0.29, 0.717) is 0 Å². The summed E-state index contributed by atoms with van der Waals surface area (Å²) in [5, 5.41) is 1.25. The van der Waals surface area contributed by atoms with Crippen LogP contribution in [0.25, 0.3) is 10.9 Å². The fourth-order valence-electron chi connectivity index (χ4n) is 3.37. The number of benzene rings is 1. The first-order valence-corrected chi connectivity index (χ1v) is 6.70. The van der Waals surface area contributed by atoms with E-state index in [9.17, 15) is 0 Å². The average Bonchev–Trinajstić information content (AvgIpc) is 2.96. The molecule has 0 aliphatic carbocycles. The van der Waals surface area contributed by atoms with Crippen LogP contribution in [-0.4, -0.2) is 36.6 Å². The molecule has 0 radical (unpaired) electrons. The van der Waals surface area contributed by atoms with Gasteiger partial charge in [0.25, 0.3) is 0 Å². The second-order valence-corrected chi connectivity index (χ2v) is 5.79. The Kier molecular flexibility index (Phi) is 2.04. The van der Waals surface area contributed by atoms with Gasteiger partial charge < -0.3 is 14.6 Å². The Hall–Kier alpha value is -1.48. The standard InChI is InChI=1S/C15H18N2O/c1-17-6-3-15(4-7-17)10-18-14-8-11-2-5-16-13(11)9-12(14)15/h2,5,8-9,16H,3-4,6-7,10H2,1H3. The van der Waals surface area contributed by atoms with Gasteiger partial charge in [0, 0.05) is 28.1 Å². The Balaban J connectivity index is 1.83. The molecule has 1 aromatic heterocycles. The predicted octanol–water partition coefficient (Wildman–Crippen LogP) is 2.52. The lowest BCUT2D eigenvalue weighted by molar-refractivity contribution is 0.155. The van der Waals surface area contributed by atoms with Crippen molar-refractivity contribution in [2.75, 3.05) is 26.7 Å². The second-order valence-electron chi connectivity index (χ2n) is 5.79. The van der Waals surface area contributed by atoms with E-state index >= 15 is 0 Å². The number of likely N-dealkylation sites (tertiary alicyclic amines) is 1. The molecule has 1 saturated heterocycles. The number of aromatic nitrogens is 1. The Morgan fingerprint density at radius 1 is 1.28 bits per heavy atom. The van der Waals surface area contributed by atoms with Crippen molar-refractivity contribution >= 4 is 10.9 Å². The summed E-state index contributed by atoms with van der Waals surface area (Å²) in [5.41, 5.74) is 2.92. The molecular formula is C15H18N2O. The first-order chi connectivity index (χ1) is 8.77. The predicted molar refractivity (Wildman–Crippen MR) is 72.2 cm³/mol. The fourth-order valence-corrected chi connectivity index (χ4v) is 3.37. The molecule has 2 aliphatic heterocycles. The van der Waals surface area contributed by atoms with Crippen LogP contribution in [0.3, 0.4) is 0 Å². The van der Waals surface area contributed by atoms with Gasteiger partial charge in [0.1, 0.15) is 5.75 Å². The highest BCUT2D eigenvalue weighted by Crippen LogP contribution is 2.46. The second kappa shape index (κ2) is 3.51. The highest BCUT2D eigenvalue weighted by molar-refractivity contribution is 5.83. The zero-order chi connectivity index (χ0) is 12.2. The number of fused-ring (bicyclic) bond motifs is 3. The van der Waals surface area contributed by atoms with Gasteiger partial charge in [-0.1, -0.05) is 0 Å². The summed E-state index contributed by atoms with van der Waals surface area (Å²) >= 11 is 0. The number of nitrogens with zero attached hydrogens (tertiary/aromatic N) is 1. The van der Waals surface area contributed by atoms with Crippen molar-refractivity contribution in [3.8, 4) is 5.75 Å². The van der Waals surface area contributed by atoms with Crippen molar-refractivity contribution in [3.05, 3.63) is 30.0 Å². The molecule has 3 heteroatoms. The van der Waals surface area contributed by atoms with Gasteiger partial charge in [-0.2, -0.15) is 0 Å². The minimum Gasteiger partial charge on any atom is -0.492 e. The average molecular weight is 242 g/mol. The van der Waals surface area contributed by atoms with E-state index in [1.807, 2.05) is 6.20 Å². The third-order valence-corrected chi connectivity index (χ3v) is 4.67. The molecule has 0 atom stereocenters. The molecule has 0 unspecified atom stereocenters. The third kappa shape index (κ3) is 1.34. The van der Waals surface area contributed by atoms with Crippen LogP contribution in [0.4, 0.5) is 0 Å². The highest BCUT2D eigenvalue weighted by Gasteiger charge is 2.42. The van der Waals surface area contributed by atoms with Crippen LogP contribution in [-0.2, 0) is 5.41 Å². The van der Waals surface area contributed by atoms with Crippen molar-refractivity contribution in [3.63, 3.8) is 0 Å². The Morgan fingerprint density at radius 2 is 2.11 bits per heavy atom. The number of rotatable bonds is 0. The molecule has 4 rings (SSSR count). The van der Waals surface area contributed by atoms with Gasteiger partial charge >= 0.3 is 0 Å². The minimum absolute atomic E-state index is 0.265. The first-order valence-electron chi connectivity index (χ1n) is 6.70. The van der Waals surface area contributed by atoms with Crippen molar-refractivity contribution in [2.24, 2.45) is 0 Å². The number of hydrogen-bond acceptors (Lipinski definition) is 2. The van der Waals surface area contributed by atoms with Crippen LogP contribution >= 0.6 is 0 Å².